The molecule has 0 heterocycles. The SMILES string of the molecule is CCCCCCCCCCC/C=C/CCCC[N+](CCC(C)C(=O)[O-])(CCC(C)C(=O)O)CCC(C)C(=O)O. The molecule has 0 fully saturated rings. The number of carboxylic acid groups (broad SMARTS) is 3. The lowest BCUT2D eigenvalue weighted by atomic mass is 10.0. The van der Waals surface area contributed by atoms with Crippen LogP contribution < -0.4 is 5.11 Å². The Bertz CT molecular complexity index is 632. The highest BCUT2D eigenvalue weighted by molar-refractivity contribution is 5.69. The molecule has 3 atom stereocenters. The molecule has 0 rings (SSSR count). The average molecular weight is 554 g/mol. The molecule has 228 valence electrons. The predicted octanol–water partition coefficient (Wildman–Crippen LogP) is 6.45. The molecule has 7 nitrogen and oxygen atoms in total. The second-order valence-corrected chi connectivity index (χ2v) is 11.9. The van der Waals surface area contributed by atoms with E-state index >= 15 is 0 Å². The van der Waals surface area contributed by atoms with Crippen molar-refractivity contribution in [3.8, 4) is 0 Å². The van der Waals surface area contributed by atoms with Crippen LogP contribution in [0.15, 0.2) is 12.2 Å². The van der Waals surface area contributed by atoms with Crippen molar-refractivity contribution in [3.05, 3.63) is 12.2 Å². The van der Waals surface area contributed by atoms with Crippen LogP contribution in [0.5, 0.6) is 0 Å². The van der Waals surface area contributed by atoms with E-state index in [1.807, 2.05) is 0 Å². The van der Waals surface area contributed by atoms with Crippen LogP contribution in [0.2, 0.25) is 0 Å². The zero-order chi connectivity index (χ0) is 29.5. The summed E-state index contributed by atoms with van der Waals surface area (Å²) in [6.45, 7) is 9.87. The summed E-state index contributed by atoms with van der Waals surface area (Å²) in [5.41, 5.74) is 0. The lowest BCUT2D eigenvalue weighted by Crippen LogP contribution is -2.52. The van der Waals surface area contributed by atoms with E-state index in [9.17, 15) is 29.7 Å². The van der Waals surface area contributed by atoms with Crippen molar-refractivity contribution >= 4 is 17.9 Å². The molecule has 0 saturated carbocycles. The van der Waals surface area contributed by atoms with Crippen molar-refractivity contribution in [3.63, 3.8) is 0 Å². The van der Waals surface area contributed by atoms with Gasteiger partial charge in [0.25, 0.3) is 0 Å². The highest BCUT2D eigenvalue weighted by Gasteiger charge is 2.30. The number of hydrogen-bond donors (Lipinski definition) is 2. The molecule has 0 aliphatic heterocycles. The molecule has 7 heteroatoms. The van der Waals surface area contributed by atoms with Gasteiger partial charge in [-0.15, -0.1) is 0 Å². The maximum absolute atomic E-state index is 11.5. The first kappa shape index (κ1) is 37.1. The molecule has 3 unspecified atom stereocenters. The first-order valence-corrected chi connectivity index (χ1v) is 15.7. The van der Waals surface area contributed by atoms with E-state index in [1.54, 1.807) is 20.8 Å². The molecule has 0 amide bonds. The number of allylic oxidation sites excluding steroid dienone is 2. The molecule has 0 bridgehead atoms. The maximum Gasteiger partial charge on any atom is 0.306 e. The molecule has 0 aliphatic rings. The molecule has 0 aromatic rings. The Hall–Kier alpha value is -1.89. The summed E-state index contributed by atoms with van der Waals surface area (Å²) >= 11 is 0. The fourth-order valence-corrected chi connectivity index (χ4v) is 4.96. The van der Waals surface area contributed by atoms with Gasteiger partial charge in [-0.1, -0.05) is 91.2 Å². The quantitative estimate of drug-likeness (QED) is 0.0686. The summed E-state index contributed by atoms with van der Waals surface area (Å²) in [6, 6.07) is 0. The van der Waals surface area contributed by atoms with Crippen LogP contribution in [0.4, 0.5) is 0 Å². The monoisotopic (exact) mass is 553 g/mol. The highest BCUT2D eigenvalue weighted by atomic mass is 16.4. The van der Waals surface area contributed by atoms with Gasteiger partial charge in [-0.25, -0.2) is 0 Å². The number of quaternary nitrogens is 1. The Labute approximate surface area is 238 Å². The van der Waals surface area contributed by atoms with Crippen LogP contribution in [0.1, 0.15) is 130 Å². The molecule has 0 radical (unpaired) electrons. The van der Waals surface area contributed by atoms with Gasteiger partial charge in [-0.2, -0.15) is 0 Å². The van der Waals surface area contributed by atoms with Gasteiger partial charge in [0.2, 0.25) is 0 Å². The van der Waals surface area contributed by atoms with E-state index < -0.39 is 35.7 Å². The first-order chi connectivity index (χ1) is 18.5. The number of aliphatic carboxylic acids is 3. The fourth-order valence-electron chi connectivity index (χ4n) is 4.96. The van der Waals surface area contributed by atoms with Gasteiger partial charge in [-0.3, -0.25) is 9.59 Å². The summed E-state index contributed by atoms with van der Waals surface area (Å²) < 4.78 is 0.565. The van der Waals surface area contributed by atoms with Crippen LogP contribution in [-0.2, 0) is 14.4 Å². The third kappa shape index (κ3) is 19.8. The van der Waals surface area contributed by atoms with E-state index in [2.05, 4.69) is 19.1 Å². The Morgan fingerprint density at radius 2 is 1.00 bits per heavy atom. The van der Waals surface area contributed by atoms with Crippen LogP contribution in [-0.4, -0.2) is 58.8 Å². The number of carboxylic acids is 3. The summed E-state index contributed by atoms with van der Waals surface area (Å²) in [6.07, 6.45) is 22.0. The molecular formula is C32H59NO6. The van der Waals surface area contributed by atoms with E-state index in [1.165, 1.54) is 57.8 Å². The Kier molecular flexibility index (Phi) is 21.8. The molecule has 39 heavy (non-hydrogen) atoms. The van der Waals surface area contributed by atoms with Crippen molar-refractivity contribution in [1.29, 1.82) is 0 Å². The second kappa shape index (κ2) is 22.9. The van der Waals surface area contributed by atoms with Gasteiger partial charge in [0.1, 0.15) is 0 Å². The van der Waals surface area contributed by atoms with E-state index in [-0.39, 0.29) is 0 Å². The van der Waals surface area contributed by atoms with E-state index in [0.29, 0.717) is 43.4 Å². The topological polar surface area (TPSA) is 115 Å². The molecule has 0 saturated heterocycles. The summed E-state index contributed by atoms with van der Waals surface area (Å²) in [5, 5.41) is 30.2. The minimum Gasteiger partial charge on any atom is -0.550 e. The van der Waals surface area contributed by atoms with E-state index in [4.69, 9.17) is 0 Å². The zero-order valence-electron chi connectivity index (χ0n) is 25.5. The average Bonchev–Trinajstić information content (AvgIpc) is 2.90. The van der Waals surface area contributed by atoms with Crippen LogP contribution >= 0.6 is 0 Å². The number of carbonyl (C=O) groups is 3. The maximum atomic E-state index is 11.5. The predicted molar refractivity (Wildman–Crippen MR) is 156 cm³/mol. The van der Waals surface area contributed by atoms with E-state index in [0.717, 1.165) is 32.2 Å². The molecule has 0 aliphatic carbocycles. The van der Waals surface area contributed by atoms with Crippen LogP contribution in [0.25, 0.3) is 0 Å². The zero-order valence-corrected chi connectivity index (χ0v) is 25.5. The standard InChI is InChI=1S/C32H59NO6/c1-5-6-7-8-9-10-11-12-13-14-15-16-17-18-19-23-33(24-20-27(2)30(34)35,25-21-28(3)31(36)37)26-22-29(4)32(38)39/h15-16,27-29H,5-14,17-26H2,1-4H3,(H2-,34,35,36,37,38,39)/b16-15+. The Morgan fingerprint density at radius 3 is 1.41 bits per heavy atom. The minimum atomic E-state index is -1.08. The lowest BCUT2D eigenvalue weighted by Gasteiger charge is -2.41. The van der Waals surface area contributed by atoms with Crippen molar-refractivity contribution in [2.75, 3.05) is 26.2 Å². The Balaban J connectivity index is 4.78. The number of unbranched alkanes of at least 4 members (excludes halogenated alkanes) is 11. The number of rotatable bonds is 27. The molecular weight excluding hydrogens is 494 g/mol. The minimum absolute atomic E-state index is 0.434. The van der Waals surface area contributed by atoms with Gasteiger partial charge in [-0.05, 0) is 32.1 Å². The van der Waals surface area contributed by atoms with Gasteiger partial charge in [0, 0.05) is 31.1 Å². The third-order valence-corrected chi connectivity index (χ3v) is 8.25. The molecule has 0 spiro atoms. The van der Waals surface area contributed by atoms with Crippen molar-refractivity contribution in [2.45, 2.75) is 130 Å². The fraction of sp³-hybridized carbons (Fsp3) is 0.844. The second-order valence-electron chi connectivity index (χ2n) is 11.9. The van der Waals surface area contributed by atoms with Gasteiger partial charge in [0.05, 0.1) is 38.0 Å². The lowest BCUT2D eigenvalue weighted by molar-refractivity contribution is -0.929. The number of hydrogen-bond acceptors (Lipinski definition) is 4. The molecule has 0 aromatic heterocycles. The smallest absolute Gasteiger partial charge is 0.306 e. The Morgan fingerprint density at radius 1 is 0.615 bits per heavy atom. The van der Waals surface area contributed by atoms with Gasteiger partial charge >= 0.3 is 11.9 Å². The largest absolute Gasteiger partial charge is 0.550 e. The normalized spacial score (nSPS) is 15.6. The summed E-state index contributed by atoms with van der Waals surface area (Å²) in [4.78, 5) is 34.3. The summed E-state index contributed by atoms with van der Waals surface area (Å²) in [7, 11) is 0. The molecule has 2 N–H and O–H groups in total. The van der Waals surface area contributed by atoms with Gasteiger partial charge < -0.3 is 24.6 Å². The van der Waals surface area contributed by atoms with Gasteiger partial charge in [0.15, 0.2) is 0 Å². The molecule has 0 aromatic carbocycles. The highest BCUT2D eigenvalue weighted by Crippen LogP contribution is 2.21. The summed E-state index contributed by atoms with van der Waals surface area (Å²) in [5.74, 6) is -4.35. The van der Waals surface area contributed by atoms with Crippen molar-refractivity contribution < 1.29 is 34.2 Å². The third-order valence-electron chi connectivity index (χ3n) is 8.25. The van der Waals surface area contributed by atoms with Crippen molar-refractivity contribution in [2.24, 2.45) is 17.8 Å². The van der Waals surface area contributed by atoms with Crippen LogP contribution in [0, 0.1) is 17.8 Å². The van der Waals surface area contributed by atoms with Crippen molar-refractivity contribution in [1.82, 2.24) is 0 Å². The first-order valence-electron chi connectivity index (χ1n) is 15.7. The van der Waals surface area contributed by atoms with Crippen LogP contribution in [0.3, 0.4) is 0 Å². The number of carbonyl (C=O) groups excluding carboxylic acids is 1. The number of nitrogens with zero attached hydrogens (tertiary/aromatic N) is 1.